The zero-order chi connectivity index (χ0) is 15.6. The van der Waals surface area contributed by atoms with Crippen LogP contribution in [0.1, 0.15) is 12.0 Å². The lowest BCUT2D eigenvalue weighted by Gasteiger charge is -2.16. The third-order valence-corrected chi connectivity index (χ3v) is 5.97. The smallest absolute Gasteiger partial charge is 0.242 e. The summed E-state index contributed by atoms with van der Waals surface area (Å²) in [7, 11) is 0.0669. The molecular formula is C13H19Cl2N3O2S. The van der Waals surface area contributed by atoms with Crippen molar-refractivity contribution in [1.29, 1.82) is 0 Å². The number of benzene rings is 1. The first-order valence-corrected chi connectivity index (χ1v) is 8.91. The van der Waals surface area contributed by atoms with Gasteiger partial charge in [-0.05, 0) is 39.2 Å². The molecule has 1 fully saturated rings. The van der Waals surface area contributed by atoms with Crippen molar-refractivity contribution in [3.8, 4) is 0 Å². The Morgan fingerprint density at radius 2 is 2.10 bits per heavy atom. The molecule has 0 radical (unpaired) electrons. The lowest BCUT2D eigenvalue weighted by Crippen LogP contribution is -2.36. The molecular weight excluding hydrogens is 333 g/mol. The van der Waals surface area contributed by atoms with Crippen LogP contribution in [0.25, 0.3) is 0 Å². The summed E-state index contributed by atoms with van der Waals surface area (Å²) >= 11 is 12.3. The van der Waals surface area contributed by atoms with E-state index in [9.17, 15) is 8.42 Å². The van der Waals surface area contributed by atoms with Crippen molar-refractivity contribution in [2.45, 2.75) is 23.9 Å². The molecule has 1 aromatic rings. The minimum absolute atomic E-state index is 0.0772. The highest BCUT2D eigenvalue weighted by Crippen LogP contribution is 2.31. The van der Waals surface area contributed by atoms with Gasteiger partial charge in [0.2, 0.25) is 10.0 Å². The fourth-order valence-electron chi connectivity index (χ4n) is 2.44. The number of hydrogen-bond acceptors (Lipinski definition) is 4. The van der Waals surface area contributed by atoms with Gasteiger partial charge in [0.1, 0.15) is 4.90 Å². The summed E-state index contributed by atoms with van der Waals surface area (Å²) in [6, 6.07) is 2.93. The second-order valence-corrected chi connectivity index (χ2v) is 7.71. The van der Waals surface area contributed by atoms with Crippen LogP contribution in [0.5, 0.6) is 0 Å². The number of nitrogens with zero attached hydrogens (tertiary/aromatic N) is 1. The van der Waals surface area contributed by atoms with Crippen LogP contribution in [0.4, 0.5) is 0 Å². The van der Waals surface area contributed by atoms with Gasteiger partial charge in [-0.15, -0.1) is 0 Å². The molecule has 1 aliphatic rings. The molecule has 1 saturated heterocycles. The van der Waals surface area contributed by atoms with Gasteiger partial charge in [-0.2, -0.15) is 0 Å². The van der Waals surface area contributed by atoms with E-state index in [1.165, 1.54) is 6.07 Å². The highest BCUT2D eigenvalue weighted by molar-refractivity contribution is 7.89. The first kappa shape index (κ1) is 17.0. The Bertz CT molecular complexity index is 622. The van der Waals surface area contributed by atoms with Crippen molar-refractivity contribution in [2.75, 3.05) is 27.2 Å². The molecule has 1 atom stereocenters. The number of hydrogen-bond donors (Lipinski definition) is 2. The SMILES string of the molecule is CNCc1c(Cl)ccc(S(=O)(=O)NC2CCN(C)C2)c1Cl. The first-order chi connectivity index (χ1) is 9.85. The van der Waals surface area contributed by atoms with E-state index in [1.54, 1.807) is 13.1 Å². The predicted molar refractivity (Wildman–Crippen MR) is 85.4 cm³/mol. The molecule has 1 aliphatic heterocycles. The third kappa shape index (κ3) is 3.88. The van der Waals surface area contributed by atoms with Gasteiger partial charge in [-0.3, -0.25) is 0 Å². The third-order valence-electron chi connectivity index (χ3n) is 3.51. The minimum atomic E-state index is -3.65. The van der Waals surface area contributed by atoms with Crippen molar-refractivity contribution in [1.82, 2.24) is 14.9 Å². The molecule has 21 heavy (non-hydrogen) atoms. The highest BCUT2D eigenvalue weighted by Gasteiger charge is 2.27. The van der Waals surface area contributed by atoms with Crippen molar-refractivity contribution >= 4 is 33.2 Å². The zero-order valence-corrected chi connectivity index (χ0v) is 14.3. The van der Waals surface area contributed by atoms with Crippen LogP contribution < -0.4 is 10.0 Å². The Labute approximate surface area is 135 Å². The molecule has 118 valence electrons. The van der Waals surface area contributed by atoms with E-state index in [4.69, 9.17) is 23.2 Å². The lowest BCUT2D eigenvalue weighted by molar-refractivity contribution is 0.407. The van der Waals surface area contributed by atoms with Crippen molar-refractivity contribution in [2.24, 2.45) is 0 Å². The van der Waals surface area contributed by atoms with Gasteiger partial charge in [-0.25, -0.2) is 13.1 Å². The number of likely N-dealkylation sites (N-methyl/N-ethyl adjacent to an activating group) is 1. The highest BCUT2D eigenvalue weighted by atomic mass is 35.5. The van der Waals surface area contributed by atoms with Crippen LogP contribution in [0.3, 0.4) is 0 Å². The van der Waals surface area contributed by atoms with Crippen molar-refractivity contribution in [3.05, 3.63) is 27.7 Å². The molecule has 0 saturated carbocycles. The average Bonchev–Trinajstić information content (AvgIpc) is 2.78. The lowest BCUT2D eigenvalue weighted by atomic mass is 10.2. The van der Waals surface area contributed by atoms with E-state index in [0.717, 1.165) is 13.0 Å². The van der Waals surface area contributed by atoms with Crippen molar-refractivity contribution < 1.29 is 8.42 Å². The molecule has 1 heterocycles. The van der Waals surface area contributed by atoms with Crippen LogP contribution in [0.15, 0.2) is 17.0 Å². The molecule has 0 amide bonds. The topological polar surface area (TPSA) is 61.4 Å². The van der Waals surface area contributed by atoms with Crippen molar-refractivity contribution in [3.63, 3.8) is 0 Å². The molecule has 0 bridgehead atoms. The molecule has 8 heteroatoms. The quantitative estimate of drug-likeness (QED) is 0.847. The largest absolute Gasteiger partial charge is 0.316 e. The summed E-state index contributed by atoms with van der Waals surface area (Å²) in [5.74, 6) is 0. The van der Waals surface area contributed by atoms with Gasteiger partial charge < -0.3 is 10.2 Å². The Morgan fingerprint density at radius 3 is 2.67 bits per heavy atom. The van der Waals surface area contributed by atoms with Crippen LogP contribution >= 0.6 is 23.2 Å². The van der Waals surface area contributed by atoms with E-state index < -0.39 is 10.0 Å². The molecule has 0 spiro atoms. The van der Waals surface area contributed by atoms with E-state index in [-0.39, 0.29) is 16.0 Å². The molecule has 0 aliphatic carbocycles. The monoisotopic (exact) mass is 351 g/mol. The Morgan fingerprint density at radius 1 is 1.38 bits per heavy atom. The summed E-state index contributed by atoms with van der Waals surface area (Å²) < 4.78 is 27.7. The summed E-state index contributed by atoms with van der Waals surface area (Å²) in [4.78, 5) is 2.16. The first-order valence-electron chi connectivity index (χ1n) is 6.67. The molecule has 2 rings (SSSR count). The molecule has 2 N–H and O–H groups in total. The molecule has 1 aromatic carbocycles. The molecule has 5 nitrogen and oxygen atoms in total. The van der Waals surface area contributed by atoms with E-state index in [2.05, 4.69) is 14.9 Å². The van der Waals surface area contributed by atoms with Gasteiger partial charge in [0, 0.05) is 29.7 Å². The number of likely N-dealkylation sites (tertiary alicyclic amines) is 1. The van der Waals surface area contributed by atoms with E-state index in [0.29, 0.717) is 23.7 Å². The normalized spacial score (nSPS) is 20.1. The fraction of sp³-hybridized carbons (Fsp3) is 0.538. The van der Waals surface area contributed by atoms with Crippen LogP contribution in [0, 0.1) is 0 Å². The number of nitrogens with one attached hydrogen (secondary N) is 2. The van der Waals surface area contributed by atoms with Gasteiger partial charge in [0.15, 0.2) is 0 Å². The minimum Gasteiger partial charge on any atom is -0.316 e. The maximum absolute atomic E-state index is 12.5. The maximum Gasteiger partial charge on any atom is 0.242 e. The fourth-order valence-corrected chi connectivity index (χ4v) is 4.61. The van der Waals surface area contributed by atoms with E-state index in [1.807, 2.05) is 7.05 Å². The van der Waals surface area contributed by atoms with Gasteiger partial charge in [-0.1, -0.05) is 23.2 Å². The average molecular weight is 352 g/mol. The number of sulfonamides is 1. The number of halogens is 2. The Kier molecular flexibility index (Phi) is 5.51. The van der Waals surface area contributed by atoms with Crippen LogP contribution in [0.2, 0.25) is 10.0 Å². The van der Waals surface area contributed by atoms with Gasteiger partial charge >= 0.3 is 0 Å². The van der Waals surface area contributed by atoms with E-state index >= 15 is 0 Å². The van der Waals surface area contributed by atoms with Gasteiger partial charge in [0.05, 0.1) is 5.02 Å². The zero-order valence-electron chi connectivity index (χ0n) is 12.0. The summed E-state index contributed by atoms with van der Waals surface area (Å²) in [6.07, 6.45) is 0.796. The maximum atomic E-state index is 12.5. The Balaban J connectivity index is 2.29. The van der Waals surface area contributed by atoms with Crippen LogP contribution in [-0.2, 0) is 16.6 Å². The second kappa shape index (κ2) is 6.81. The standard InChI is InChI=1S/C13H19Cl2N3O2S/c1-16-7-10-11(14)3-4-12(13(10)15)21(19,20)17-9-5-6-18(2)8-9/h3-4,9,16-17H,5-8H2,1-2H3. The molecule has 0 aromatic heterocycles. The summed E-state index contributed by atoms with van der Waals surface area (Å²) in [5.41, 5.74) is 0.590. The predicted octanol–water partition coefficient (Wildman–Crippen LogP) is 1.70. The Hall–Kier alpha value is -0.370. The molecule has 1 unspecified atom stereocenters. The summed E-state index contributed by atoms with van der Waals surface area (Å²) in [5, 5.41) is 3.56. The van der Waals surface area contributed by atoms with Crippen LogP contribution in [-0.4, -0.2) is 46.5 Å². The van der Waals surface area contributed by atoms with Gasteiger partial charge in [0.25, 0.3) is 0 Å². The second-order valence-electron chi connectivity index (χ2n) is 5.24. The number of rotatable bonds is 5. The summed E-state index contributed by atoms with van der Waals surface area (Å²) in [6.45, 7) is 1.99.